The number of aromatic nitrogens is 4. The van der Waals surface area contributed by atoms with Crippen molar-refractivity contribution in [3.05, 3.63) is 34.4 Å². The largest absolute Gasteiger partial charge is 0.289 e. The second kappa shape index (κ2) is 5.36. The second-order valence-electron chi connectivity index (χ2n) is 4.11. The Morgan fingerprint density at radius 1 is 1.42 bits per heavy atom. The molecule has 1 N–H and O–H groups in total. The molecular weight excluding hydrogens is 266 g/mol. The highest BCUT2D eigenvalue weighted by atomic mass is 35.5. The molecule has 2 heterocycles. The van der Waals surface area contributed by atoms with Gasteiger partial charge in [-0.15, -0.1) is 0 Å². The minimum atomic E-state index is -0.309. The highest BCUT2D eigenvalue weighted by Gasteiger charge is 2.14. The number of hydrogen-bond donors (Lipinski definition) is 1. The van der Waals surface area contributed by atoms with Crippen LogP contribution >= 0.6 is 11.6 Å². The maximum Gasteiger partial charge on any atom is 0.276 e. The molecule has 0 bridgehead atoms. The fourth-order valence-electron chi connectivity index (χ4n) is 1.66. The number of aryl methyl sites for hydroxylation is 3. The highest BCUT2D eigenvalue weighted by Crippen LogP contribution is 2.11. The summed E-state index contributed by atoms with van der Waals surface area (Å²) in [7, 11) is 1.72. The Bertz CT molecular complexity index is 602. The van der Waals surface area contributed by atoms with Crippen molar-refractivity contribution in [2.24, 2.45) is 7.05 Å². The van der Waals surface area contributed by atoms with Crippen LogP contribution < -0.4 is 5.32 Å². The SMILES string of the molecule is CCc1cc(C(=O)Nc2nc(C)cc(Cl)n2)n(C)n1. The van der Waals surface area contributed by atoms with E-state index in [-0.39, 0.29) is 11.9 Å². The summed E-state index contributed by atoms with van der Waals surface area (Å²) in [6.07, 6.45) is 0.772. The maximum atomic E-state index is 12.1. The van der Waals surface area contributed by atoms with Gasteiger partial charge in [0.15, 0.2) is 0 Å². The van der Waals surface area contributed by atoms with Crippen molar-refractivity contribution in [2.75, 3.05) is 5.32 Å². The van der Waals surface area contributed by atoms with E-state index < -0.39 is 0 Å². The average molecular weight is 280 g/mol. The van der Waals surface area contributed by atoms with Gasteiger partial charge in [0, 0.05) is 12.7 Å². The molecule has 0 unspecified atom stereocenters. The molecule has 0 atom stereocenters. The molecule has 2 rings (SSSR count). The summed E-state index contributed by atoms with van der Waals surface area (Å²) in [6, 6.07) is 3.36. The number of carbonyl (C=O) groups is 1. The topological polar surface area (TPSA) is 72.7 Å². The van der Waals surface area contributed by atoms with Gasteiger partial charge in [0.05, 0.1) is 5.69 Å². The number of nitrogens with zero attached hydrogens (tertiary/aromatic N) is 4. The molecule has 0 aliphatic carbocycles. The summed E-state index contributed by atoms with van der Waals surface area (Å²) in [6.45, 7) is 3.76. The molecule has 19 heavy (non-hydrogen) atoms. The van der Waals surface area contributed by atoms with Gasteiger partial charge in [0.2, 0.25) is 5.95 Å². The minimum absolute atomic E-state index is 0.189. The van der Waals surface area contributed by atoms with Gasteiger partial charge in [0.25, 0.3) is 5.91 Å². The van der Waals surface area contributed by atoms with Crippen molar-refractivity contribution >= 4 is 23.5 Å². The first-order chi connectivity index (χ1) is 8.99. The van der Waals surface area contributed by atoms with Crippen LogP contribution in [0.5, 0.6) is 0 Å². The average Bonchev–Trinajstić information content (AvgIpc) is 2.69. The lowest BCUT2D eigenvalue weighted by molar-refractivity contribution is 0.101. The lowest BCUT2D eigenvalue weighted by atomic mass is 10.3. The van der Waals surface area contributed by atoms with E-state index in [1.165, 1.54) is 4.68 Å². The Balaban J connectivity index is 2.22. The van der Waals surface area contributed by atoms with Gasteiger partial charge in [-0.1, -0.05) is 18.5 Å². The number of halogens is 1. The molecule has 100 valence electrons. The minimum Gasteiger partial charge on any atom is -0.289 e. The third-order valence-corrected chi connectivity index (χ3v) is 2.77. The zero-order valence-corrected chi connectivity index (χ0v) is 11.7. The highest BCUT2D eigenvalue weighted by molar-refractivity contribution is 6.29. The summed E-state index contributed by atoms with van der Waals surface area (Å²) in [5.74, 6) is -0.120. The van der Waals surface area contributed by atoms with Gasteiger partial charge in [-0.25, -0.2) is 9.97 Å². The van der Waals surface area contributed by atoms with Crippen LogP contribution in [-0.2, 0) is 13.5 Å². The van der Waals surface area contributed by atoms with E-state index >= 15 is 0 Å². The number of rotatable bonds is 3. The zero-order valence-electron chi connectivity index (χ0n) is 10.9. The number of hydrogen-bond acceptors (Lipinski definition) is 4. The van der Waals surface area contributed by atoms with E-state index in [0.717, 1.165) is 12.1 Å². The predicted octanol–water partition coefficient (Wildman–Crippen LogP) is 1.99. The van der Waals surface area contributed by atoms with Crippen molar-refractivity contribution in [1.29, 1.82) is 0 Å². The first-order valence-corrected chi connectivity index (χ1v) is 6.23. The van der Waals surface area contributed by atoms with Crippen LogP contribution in [0.25, 0.3) is 0 Å². The van der Waals surface area contributed by atoms with Gasteiger partial charge in [-0.2, -0.15) is 5.10 Å². The first-order valence-electron chi connectivity index (χ1n) is 5.85. The van der Waals surface area contributed by atoms with Gasteiger partial charge in [0.1, 0.15) is 10.8 Å². The summed E-state index contributed by atoms with van der Waals surface area (Å²) >= 11 is 5.82. The molecular formula is C12H14ClN5O. The van der Waals surface area contributed by atoms with Crippen LogP contribution in [0.15, 0.2) is 12.1 Å². The van der Waals surface area contributed by atoms with E-state index in [0.29, 0.717) is 16.5 Å². The third-order valence-electron chi connectivity index (χ3n) is 2.57. The molecule has 1 amide bonds. The summed E-state index contributed by atoms with van der Waals surface area (Å²) in [5, 5.41) is 7.12. The summed E-state index contributed by atoms with van der Waals surface area (Å²) in [5.41, 5.74) is 2.00. The summed E-state index contributed by atoms with van der Waals surface area (Å²) in [4.78, 5) is 20.1. The van der Waals surface area contributed by atoms with Crippen LogP contribution in [0.2, 0.25) is 5.15 Å². The Labute approximate surface area is 115 Å². The van der Waals surface area contributed by atoms with Crippen molar-refractivity contribution in [1.82, 2.24) is 19.7 Å². The Kier molecular flexibility index (Phi) is 3.80. The lowest BCUT2D eigenvalue weighted by Gasteiger charge is -2.04. The maximum absolute atomic E-state index is 12.1. The number of anilines is 1. The van der Waals surface area contributed by atoms with E-state index in [4.69, 9.17) is 11.6 Å². The van der Waals surface area contributed by atoms with E-state index in [9.17, 15) is 4.79 Å². The number of nitrogens with one attached hydrogen (secondary N) is 1. The van der Waals surface area contributed by atoms with E-state index in [1.807, 2.05) is 6.92 Å². The van der Waals surface area contributed by atoms with Crippen molar-refractivity contribution in [3.8, 4) is 0 Å². The van der Waals surface area contributed by atoms with Gasteiger partial charge >= 0.3 is 0 Å². The van der Waals surface area contributed by atoms with E-state index in [1.54, 1.807) is 26.1 Å². The monoisotopic (exact) mass is 279 g/mol. The Morgan fingerprint density at radius 2 is 2.16 bits per heavy atom. The lowest BCUT2D eigenvalue weighted by Crippen LogP contribution is -2.18. The molecule has 0 spiro atoms. The van der Waals surface area contributed by atoms with Gasteiger partial charge in [-0.05, 0) is 25.5 Å². The van der Waals surface area contributed by atoms with Crippen LogP contribution in [-0.4, -0.2) is 25.7 Å². The summed E-state index contributed by atoms with van der Waals surface area (Å²) < 4.78 is 1.53. The molecule has 0 saturated heterocycles. The molecule has 6 nitrogen and oxygen atoms in total. The smallest absolute Gasteiger partial charge is 0.276 e. The van der Waals surface area contributed by atoms with Gasteiger partial charge in [-0.3, -0.25) is 14.8 Å². The Morgan fingerprint density at radius 3 is 2.74 bits per heavy atom. The number of carbonyl (C=O) groups excluding carboxylic acids is 1. The number of amides is 1. The van der Waals surface area contributed by atoms with Gasteiger partial charge < -0.3 is 0 Å². The first kappa shape index (κ1) is 13.5. The van der Waals surface area contributed by atoms with Crippen molar-refractivity contribution in [2.45, 2.75) is 20.3 Å². The third kappa shape index (κ3) is 3.08. The fraction of sp³-hybridized carbons (Fsp3) is 0.333. The molecule has 2 aromatic rings. The molecule has 0 saturated carbocycles. The van der Waals surface area contributed by atoms with Crippen LogP contribution in [0.1, 0.15) is 28.8 Å². The predicted molar refractivity (Wildman–Crippen MR) is 72.3 cm³/mol. The molecule has 0 fully saturated rings. The molecule has 2 aromatic heterocycles. The van der Waals surface area contributed by atoms with Crippen molar-refractivity contribution < 1.29 is 4.79 Å². The molecule has 0 aromatic carbocycles. The zero-order chi connectivity index (χ0) is 14.0. The van der Waals surface area contributed by atoms with Crippen LogP contribution in [0.3, 0.4) is 0 Å². The molecule has 7 heteroatoms. The second-order valence-corrected chi connectivity index (χ2v) is 4.50. The quantitative estimate of drug-likeness (QED) is 0.872. The normalized spacial score (nSPS) is 10.5. The molecule has 0 aliphatic rings. The van der Waals surface area contributed by atoms with Crippen LogP contribution in [0.4, 0.5) is 5.95 Å². The van der Waals surface area contributed by atoms with E-state index in [2.05, 4.69) is 20.4 Å². The fourth-order valence-corrected chi connectivity index (χ4v) is 1.90. The van der Waals surface area contributed by atoms with Crippen LogP contribution in [0, 0.1) is 6.92 Å². The standard InChI is InChI=1S/C12H14ClN5O/c1-4-8-6-9(18(3)17-8)11(19)16-12-14-7(2)5-10(13)15-12/h5-6H,4H2,1-3H3,(H,14,15,16,19). The Hall–Kier alpha value is -1.95. The molecule has 0 radical (unpaired) electrons. The van der Waals surface area contributed by atoms with Crippen molar-refractivity contribution in [3.63, 3.8) is 0 Å². The molecule has 0 aliphatic heterocycles.